The lowest BCUT2D eigenvalue weighted by Crippen LogP contribution is -2.50. The first kappa shape index (κ1) is 23.7. The van der Waals surface area contributed by atoms with E-state index in [1.165, 1.54) is 16.8 Å². The first-order chi connectivity index (χ1) is 17.3. The molecular weight excluding hydrogens is 465 g/mol. The first-order valence-electron chi connectivity index (χ1n) is 11.9. The lowest BCUT2D eigenvalue weighted by Gasteiger charge is -2.37. The Kier molecular flexibility index (Phi) is 6.03. The number of carbonyl (C=O) groups is 2. The number of aryl methyl sites for hydroxylation is 1. The smallest absolute Gasteiger partial charge is 0.296 e. The number of amides is 2. The number of fused-ring (bicyclic) bond motifs is 2. The zero-order valence-electron chi connectivity index (χ0n) is 19.8. The number of aromatic hydroxyl groups is 1. The summed E-state index contributed by atoms with van der Waals surface area (Å²) >= 11 is 0. The van der Waals surface area contributed by atoms with Gasteiger partial charge in [-0.25, -0.2) is 9.37 Å². The molecule has 4 heterocycles. The molecule has 2 aromatic heterocycles. The van der Waals surface area contributed by atoms with Crippen LogP contribution in [0.2, 0.25) is 0 Å². The summed E-state index contributed by atoms with van der Waals surface area (Å²) in [5, 5.41) is 16.3. The van der Waals surface area contributed by atoms with E-state index >= 15 is 0 Å². The van der Waals surface area contributed by atoms with Crippen molar-refractivity contribution in [2.45, 2.75) is 51.2 Å². The van der Waals surface area contributed by atoms with Gasteiger partial charge in [0.05, 0.1) is 11.1 Å². The number of nitrogens with zero attached hydrogens (tertiary/aromatic N) is 3. The quantitative estimate of drug-likeness (QED) is 0.504. The molecule has 3 aromatic rings. The first-order valence-corrected chi connectivity index (χ1v) is 11.9. The van der Waals surface area contributed by atoms with Crippen LogP contribution < -0.4 is 16.2 Å². The van der Waals surface area contributed by atoms with Crippen molar-refractivity contribution in [3.8, 4) is 5.75 Å². The van der Waals surface area contributed by atoms with Crippen molar-refractivity contribution < 1.29 is 19.1 Å². The van der Waals surface area contributed by atoms with Gasteiger partial charge in [-0.1, -0.05) is 12.1 Å². The van der Waals surface area contributed by atoms with E-state index in [-0.39, 0.29) is 30.0 Å². The fourth-order valence-corrected chi connectivity index (χ4v) is 5.12. The third-order valence-electron chi connectivity index (χ3n) is 7.14. The van der Waals surface area contributed by atoms with Gasteiger partial charge in [0.1, 0.15) is 11.6 Å². The predicted octanol–water partition coefficient (Wildman–Crippen LogP) is 2.55. The van der Waals surface area contributed by atoms with Crippen molar-refractivity contribution >= 4 is 11.8 Å². The second-order valence-corrected chi connectivity index (χ2v) is 9.54. The summed E-state index contributed by atoms with van der Waals surface area (Å²) in [5.41, 5.74) is -0.601. The van der Waals surface area contributed by atoms with Gasteiger partial charge in [0.2, 0.25) is 5.75 Å². The average molecular weight is 492 g/mol. The standard InChI is InChI=1S/C26H26FN5O4/c1-15-11-17(4-5-19(15)27)12-29-23(35)20-21(33)24(36)32-14-16-6-8-26(9-7-16,25(32)30-20)31-22(34)18-3-2-10-28-13-18/h2-5,10-11,13,16,33H,6-9,12,14H2,1H3,(H,29,35)(H,31,34). The molecule has 0 saturated heterocycles. The highest BCUT2D eigenvalue weighted by Crippen LogP contribution is 2.43. The summed E-state index contributed by atoms with van der Waals surface area (Å²) in [6, 6.07) is 7.78. The molecule has 9 nitrogen and oxygen atoms in total. The number of aromatic nitrogens is 3. The van der Waals surface area contributed by atoms with Crippen LogP contribution in [0.3, 0.4) is 0 Å². The van der Waals surface area contributed by atoms with Crippen molar-refractivity contribution in [2.24, 2.45) is 5.92 Å². The molecule has 0 atom stereocenters. The van der Waals surface area contributed by atoms with Gasteiger partial charge in [-0.15, -0.1) is 0 Å². The summed E-state index contributed by atoms with van der Waals surface area (Å²) in [6.07, 6.45) is 5.67. The minimum absolute atomic E-state index is 0.0600. The van der Waals surface area contributed by atoms with Crippen molar-refractivity contribution in [3.05, 3.63) is 87.1 Å². The number of hydrogen-bond donors (Lipinski definition) is 3. The third kappa shape index (κ3) is 4.23. The van der Waals surface area contributed by atoms with Crippen LogP contribution in [-0.4, -0.2) is 31.5 Å². The van der Waals surface area contributed by atoms with Crippen LogP contribution in [0, 0.1) is 18.7 Å². The molecule has 1 aliphatic carbocycles. The molecule has 2 amide bonds. The summed E-state index contributed by atoms with van der Waals surface area (Å²) in [4.78, 5) is 47.8. The molecule has 3 N–H and O–H groups in total. The number of benzene rings is 1. The Morgan fingerprint density at radius 3 is 2.69 bits per heavy atom. The molecule has 1 fully saturated rings. The second kappa shape index (κ2) is 9.18. The molecule has 0 radical (unpaired) electrons. The largest absolute Gasteiger partial charge is 0.501 e. The monoisotopic (exact) mass is 491 g/mol. The molecule has 2 bridgehead atoms. The van der Waals surface area contributed by atoms with Gasteiger partial charge in [-0.05, 0) is 67.9 Å². The molecule has 0 spiro atoms. The van der Waals surface area contributed by atoms with Gasteiger partial charge in [0.15, 0.2) is 5.69 Å². The highest BCUT2D eigenvalue weighted by Gasteiger charge is 2.46. The average Bonchev–Trinajstić information content (AvgIpc) is 3.13. The highest BCUT2D eigenvalue weighted by molar-refractivity contribution is 5.95. The number of hydrogen-bond acceptors (Lipinski definition) is 6. The van der Waals surface area contributed by atoms with Crippen molar-refractivity contribution in [1.82, 2.24) is 25.2 Å². The van der Waals surface area contributed by atoms with Crippen LogP contribution in [0.15, 0.2) is 47.5 Å². The number of pyridine rings is 1. The molecular formula is C26H26FN5O4. The Labute approximate surface area is 206 Å². The lowest BCUT2D eigenvalue weighted by molar-refractivity contribution is 0.0849. The van der Waals surface area contributed by atoms with Crippen molar-refractivity contribution in [1.29, 1.82) is 0 Å². The van der Waals surface area contributed by atoms with E-state index in [2.05, 4.69) is 20.6 Å². The number of nitrogens with one attached hydrogen (secondary N) is 2. The van der Waals surface area contributed by atoms with Crippen molar-refractivity contribution in [2.75, 3.05) is 0 Å². The summed E-state index contributed by atoms with van der Waals surface area (Å²) < 4.78 is 15.0. The van der Waals surface area contributed by atoms with Gasteiger partial charge in [-0.2, -0.15) is 0 Å². The molecule has 36 heavy (non-hydrogen) atoms. The zero-order chi connectivity index (χ0) is 25.4. The Morgan fingerprint density at radius 1 is 1.22 bits per heavy atom. The van der Waals surface area contributed by atoms with Gasteiger partial charge in [-0.3, -0.25) is 23.9 Å². The lowest BCUT2D eigenvalue weighted by atomic mass is 9.77. The van der Waals surface area contributed by atoms with Gasteiger partial charge < -0.3 is 15.7 Å². The maximum Gasteiger partial charge on any atom is 0.296 e. The topological polar surface area (TPSA) is 126 Å². The minimum Gasteiger partial charge on any atom is -0.501 e. The Hall–Kier alpha value is -4.08. The minimum atomic E-state index is -0.962. The van der Waals surface area contributed by atoms with E-state index in [4.69, 9.17) is 0 Å². The highest BCUT2D eigenvalue weighted by atomic mass is 19.1. The number of halogens is 1. The SMILES string of the molecule is Cc1cc(CNC(=O)c2nc3n(c(=O)c2O)CC2CCC3(NC(=O)c3cccnc3)CC2)ccc1F. The third-order valence-corrected chi connectivity index (χ3v) is 7.14. The maximum absolute atomic E-state index is 13.6. The summed E-state index contributed by atoms with van der Waals surface area (Å²) in [5.74, 6) is -1.70. The Balaban J connectivity index is 1.49. The summed E-state index contributed by atoms with van der Waals surface area (Å²) in [7, 11) is 0. The normalized spacial score (nSPS) is 20.3. The summed E-state index contributed by atoms with van der Waals surface area (Å²) in [6.45, 7) is 2.04. The van der Waals surface area contributed by atoms with Crippen LogP contribution in [0.4, 0.5) is 4.39 Å². The van der Waals surface area contributed by atoms with E-state index in [1.807, 2.05) is 0 Å². The van der Waals surface area contributed by atoms with Crippen LogP contribution in [0.5, 0.6) is 5.75 Å². The van der Waals surface area contributed by atoms with E-state index in [1.54, 1.807) is 37.4 Å². The van der Waals surface area contributed by atoms with Crippen LogP contribution in [0.25, 0.3) is 0 Å². The maximum atomic E-state index is 13.6. The van der Waals surface area contributed by atoms with Crippen LogP contribution >= 0.6 is 0 Å². The predicted molar refractivity (Wildman–Crippen MR) is 128 cm³/mol. The van der Waals surface area contributed by atoms with E-state index in [9.17, 15) is 23.9 Å². The van der Waals surface area contributed by atoms with E-state index in [0.717, 1.165) is 12.8 Å². The molecule has 0 unspecified atom stereocenters. The second-order valence-electron chi connectivity index (χ2n) is 9.54. The molecule has 6 rings (SSSR count). The van der Waals surface area contributed by atoms with Gasteiger partial charge >= 0.3 is 0 Å². The molecule has 186 valence electrons. The van der Waals surface area contributed by atoms with E-state index < -0.39 is 28.4 Å². The van der Waals surface area contributed by atoms with Crippen LogP contribution in [-0.2, 0) is 18.6 Å². The van der Waals surface area contributed by atoms with Crippen molar-refractivity contribution in [3.63, 3.8) is 0 Å². The molecule has 10 heteroatoms. The van der Waals surface area contributed by atoms with E-state index in [0.29, 0.717) is 36.1 Å². The molecule has 1 aromatic carbocycles. The number of carbonyl (C=O) groups excluding carboxylic acids is 2. The Morgan fingerprint density at radius 2 is 2.00 bits per heavy atom. The van der Waals surface area contributed by atoms with Gasteiger partial charge in [0.25, 0.3) is 17.4 Å². The molecule has 2 aliphatic heterocycles. The van der Waals surface area contributed by atoms with Crippen LogP contribution in [0.1, 0.15) is 63.5 Å². The molecule has 3 aliphatic rings. The van der Waals surface area contributed by atoms with Gasteiger partial charge in [0, 0.05) is 25.5 Å². The number of rotatable bonds is 5. The zero-order valence-corrected chi connectivity index (χ0v) is 19.8. The molecule has 1 saturated carbocycles. The fourth-order valence-electron chi connectivity index (χ4n) is 5.12. The fraction of sp³-hybridized carbons (Fsp3) is 0.346. The Bertz CT molecular complexity index is 1400.